The van der Waals surface area contributed by atoms with E-state index in [-0.39, 0.29) is 0 Å². The summed E-state index contributed by atoms with van der Waals surface area (Å²) in [5, 5.41) is 4.41. The van der Waals surface area contributed by atoms with Crippen LogP contribution >= 0.6 is 11.3 Å². The first-order chi connectivity index (χ1) is 21.8. The summed E-state index contributed by atoms with van der Waals surface area (Å²) >= 11 is 1.77. The number of thiophene rings is 1. The maximum Gasteiger partial charge on any atom is 0.227 e. The van der Waals surface area contributed by atoms with Crippen molar-refractivity contribution in [1.29, 1.82) is 0 Å². The van der Waals surface area contributed by atoms with Gasteiger partial charge in [0.05, 0.1) is 0 Å². The van der Waals surface area contributed by atoms with Gasteiger partial charge in [0, 0.05) is 47.8 Å². The third-order valence-corrected chi connectivity index (χ3v) is 9.16. The maximum atomic E-state index is 6.50. The molecule has 6 heteroatoms. The molecule has 0 aliphatic rings. The highest BCUT2D eigenvalue weighted by Crippen LogP contribution is 2.45. The Morgan fingerprint density at radius 2 is 1.05 bits per heavy atom. The van der Waals surface area contributed by atoms with E-state index in [0.717, 1.165) is 59.6 Å². The van der Waals surface area contributed by atoms with Gasteiger partial charge in [0.25, 0.3) is 0 Å². The van der Waals surface area contributed by atoms with Gasteiger partial charge in [0.1, 0.15) is 5.52 Å². The molecule has 9 aromatic rings. The molecule has 0 fully saturated rings. The second-order valence-electron chi connectivity index (χ2n) is 10.7. The number of rotatable bonds is 4. The number of hydrogen-bond acceptors (Lipinski definition) is 6. The van der Waals surface area contributed by atoms with E-state index in [1.165, 1.54) is 4.70 Å². The van der Waals surface area contributed by atoms with Crippen molar-refractivity contribution in [2.45, 2.75) is 0 Å². The fourth-order valence-electron chi connectivity index (χ4n) is 5.89. The lowest BCUT2D eigenvalue weighted by molar-refractivity contribution is 0.623. The van der Waals surface area contributed by atoms with Gasteiger partial charge >= 0.3 is 0 Å². The fourth-order valence-corrected chi connectivity index (χ4v) is 7.11. The highest BCUT2D eigenvalue weighted by molar-refractivity contribution is 7.26. The molecule has 0 saturated heterocycles. The molecular weight excluding hydrogens is 561 g/mol. The molecule has 9 rings (SSSR count). The molecule has 0 atom stereocenters. The second kappa shape index (κ2) is 9.93. The van der Waals surface area contributed by atoms with Crippen LogP contribution in [0.2, 0.25) is 0 Å². The number of benzene rings is 6. The van der Waals surface area contributed by atoms with Crippen LogP contribution in [0.4, 0.5) is 0 Å². The predicted octanol–water partition coefficient (Wildman–Crippen LogP) is 10.2. The average molecular weight is 583 g/mol. The summed E-state index contributed by atoms with van der Waals surface area (Å²) in [5.74, 6) is 2.52. The van der Waals surface area contributed by atoms with Crippen molar-refractivity contribution in [3.8, 4) is 45.6 Å². The second-order valence-corrected chi connectivity index (χ2v) is 11.7. The minimum absolute atomic E-state index is 0.617. The van der Waals surface area contributed by atoms with Crippen LogP contribution in [-0.2, 0) is 0 Å². The lowest BCUT2D eigenvalue weighted by Gasteiger charge is -2.11. The normalized spacial score (nSPS) is 11.6. The van der Waals surface area contributed by atoms with E-state index >= 15 is 0 Å². The van der Waals surface area contributed by atoms with Gasteiger partial charge < -0.3 is 4.42 Å². The summed E-state index contributed by atoms with van der Waals surface area (Å²) in [6, 6.07) is 45.1. The van der Waals surface area contributed by atoms with Crippen LogP contribution in [0.25, 0.3) is 87.7 Å². The Hall–Kier alpha value is -5.72. The molecule has 0 aliphatic carbocycles. The van der Waals surface area contributed by atoms with E-state index in [0.29, 0.717) is 23.4 Å². The Morgan fingerprint density at radius 3 is 1.70 bits per heavy atom. The largest absolute Gasteiger partial charge is 0.435 e. The van der Waals surface area contributed by atoms with E-state index in [4.69, 9.17) is 24.4 Å². The topological polar surface area (TPSA) is 64.7 Å². The number of nitrogens with zero attached hydrogens (tertiary/aromatic N) is 4. The van der Waals surface area contributed by atoms with Crippen LogP contribution in [0.5, 0.6) is 0 Å². The quantitative estimate of drug-likeness (QED) is 0.207. The molecule has 0 unspecified atom stereocenters. The Bertz CT molecular complexity index is 2430. The van der Waals surface area contributed by atoms with E-state index in [1.807, 2.05) is 91.0 Å². The number of aromatic nitrogens is 4. The zero-order valence-corrected chi connectivity index (χ0v) is 24.1. The van der Waals surface area contributed by atoms with Crippen molar-refractivity contribution < 1.29 is 4.42 Å². The zero-order chi connectivity index (χ0) is 29.0. The summed E-state index contributed by atoms with van der Waals surface area (Å²) in [6.45, 7) is 0. The van der Waals surface area contributed by atoms with E-state index < -0.39 is 0 Å². The maximum absolute atomic E-state index is 6.50. The molecule has 0 aliphatic heterocycles. The summed E-state index contributed by atoms with van der Waals surface area (Å²) in [7, 11) is 0. The molecule has 3 heterocycles. The van der Waals surface area contributed by atoms with Crippen LogP contribution < -0.4 is 0 Å². The summed E-state index contributed by atoms with van der Waals surface area (Å²) < 4.78 is 8.85. The molecule has 0 bridgehead atoms. The first-order valence-electron chi connectivity index (χ1n) is 14.4. The lowest BCUT2D eigenvalue weighted by atomic mass is 9.99. The minimum atomic E-state index is 0.617. The molecule has 0 N–H and O–H groups in total. The smallest absolute Gasteiger partial charge is 0.227 e. The molecule has 0 radical (unpaired) electrons. The third kappa shape index (κ3) is 4.00. The molecule has 5 nitrogen and oxygen atoms in total. The molecule has 44 heavy (non-hydrogen) atoms. The molecular formula is C38H22N4OS. The highest BCUT2D eigenvalue weighted by atomic mass is 32.1. The fraction of sp³-hybridized carbons (Fsp3) is 0. The van der Waals surface area contributed by atoms with Gasteiger partial charge in [-0.3, -0.25) is 0 Å². The first kappa shape index (κ1) is 24.8. The number of oxazole rings is 1. The summed E-state index contributed by atoms with van der Waals surface area (Å²) in [6.07, 6.45) is 0. The molecule has 0 spiro atoms. The van der Waals surface area contributed by atoms with Crippen LogP contribution in [0, 0.1) is 0 Å². The van der Waals surface area contributed by atoms with Gasteiger partial charge in [-0.15, -0.1) is 11.3 Å². The van der Waals surface area contributed by atoms with Gasteiger partial charge in [-0.05, 0) is 35.7 Å². The van der Waals surface area contributed by atoms with Crippen molar-refractivity contribution in [1.82, 2.24) is 19.9 Å². The average Bonchev–Trinajstić information content (AvgIpc) is 3.71. The minimum Gasteiger partial charge on any atom is -0.435 e. The van der Waals surface area contributed by atoms with E-state index in [2.05, 4.69) is 42.5 Å². The van der Waals surface area contributed by atoms with Crippen molar-refractivity contribution in [2.24, 2.45) is 0 Å². The molecule has 6 aromatic carbocycles. The molecule has 3 aromatic heterocycles. The van der Waals surface area contributed by atoms with Gasteiger partial charge in [0.15, 0.2) is 23.1 Å². The summed E-state index contributed by atoms with van der Waals surface area (Å²) in [4.78, 5) is 19.9. The van der Waals surface area contributed by atoms with E-state index in [1.54, 1.807) is 11.3 Å². The SMILES string of the molecule is c1ccc(-c2nc(-c3ccccc3)nc(-c3cc4c(sc5ccc6nc(-c7ccccc7)oc6c54)c4ccccc34)n2)cc1. The third-order valence-electron chi connectivity index (χ3n) is 7.96. The molecule has 0 amide bonds. The Morgan fingerprint density at radius 1 is 0.477 bits per heavy atom. The van der Waals surface area contributed by atoms with Crippen LogP contribution in [0.1, 0.15) is 0 Å². The Balaban J connectivity index is 1.35. The van der Waals surface area contributed by atoms with Gasteiger partial charge in [-0.1, -0.05) is 103 Å². The van der Waals surface area contributed by atoms with Crippen LogP contribution in [0.3, 0.4) is 0 Å². The van der Waals surface area contributed by atoms with Crippen molar-refractivity contribution in [2.75, 3.05) is 0 Å². The lowest BCUT2D eigenvalue weighted by Crippen LogP contribution is -2.00. The molecule has 0 saturated carbocycles. The van der Waals surface area contributed by atoms with Gasteiger partial charge in [-0.2, -0.15) is 0 Å². The van der Waals surface area contributed by atoms with Gasteiger partial charge in [-0.25, -0.2) is 19.9 Å². The predicted molar refractivity (Wildman–Crippen MR) is 180 cm³/mol. The van der Waals surface area contributed by atoms with Crippen LogP contribution in [-0.4, -0.2) is 19.9 Å². The monoisotopic (exact) mass is 582 g/mol. The molecule has 206 valence electrons. The van der Waals surface area contributed by atoms with Crippen molar-refractivity contribution in [3.05, 3.63) is 133 Å². The Kier molecular flexibility index (Phi) is 5.61. The summed E-state index contributed by atoms with van der Waals surface area (Å²) in [5.41, 5.74) is 5.41. The van der Waals surface area contributed by atoms with Crippen LogP contribution in [0.15, 0.2) is 138 Å². The highest BCUT2D eigenvalue weighted by Gasteiger charge is 2.20. The Labute approximate surface area is 256 Å². The zero-order valence-electron chi connectivity index (χ0n) is 23.3. The van der Waals surface area contributed by atoms with Crippen molar-refractivity contribution in [3.63, 3.8) is 0 Å². The number of fused-ring (bicyclic) bond motifs is 7. The number of hydrogen-bond donors (Lipinski definition) is 0. The van der Waals surface area contributed by atoms with Crippen molar-refractivity contribution >= 4 is 53.4 Å². The standard InChI is InChI=1S/C38H22N4OS/c1-4-12-23(13-5-1)35-40-36(24-14-6-2-7-15-24)42-37(41-35)28-22-29-32-31(44-34(29)27-19-11-10-18-26(27)28)21-20-30-33(32)43-38(39-30)25-16-8-3-9-17-25/h1-22H. The first-order valence-corrected chi connectivity index (χ1v) is 15.2. The van der Waals surface area contributed by atoms with Gasteiger partial charge in [0.2, 0.25) is 5.89 Å². The van der Waals surface area contributed by atoms with E-state index in [9.17, 15) is 0 Å².